The van der Waals surface area contributed by atoms with Gasteiger partial charge in [-0.25, -0.2) is 19.9 Å². The van der Waals surface area contributed by atoms with E-state index in [-0.39, 0.29) is 11.9 Å². The van der Waals surface area contributed by atoms with Gasteiger partial charge in [0.25, 0.3) is 0 Å². The molecule has 2 saturated heterocycles. The SMILES string of the molecule is N#Cc1cc(-c2ccnc(Nc3ccc(NC(=O)[C@@H]4CCCN4)nc3)n2)cnc1N1CCCC1. The van der Waals surface area contributed by atoms with Gasteiger partial charge in [0, 0.05) is 31.0 Å². The number of pyridine rings is 2. The third-order valence-corrected chi connectivity index (χ3v) is 5.99. The van der Waals surface area contributed by atoms with E-state index in [4.69, 9.17) is 0 Å². The smallest absolute Gasteiger partial charge is 0.242 e. The van der Waals surface area contributed by atoms with Crippen LogP contribution < -0.4 is 20.9 Å². The molecule has 0 saturated carbocycles. The third-order valence-electron chi connectivity index (χ3n) is 5.99. The van der Waals surface area contributed by atoms with Crippen LogP contribution in [0.2, 0.25) is 0 Å². The Bertz CT molecular complexity index is 1210. The Kier molecular flexibility index (Phi) is 6.27. The van der Waals surface area contributed by atoms with E-state index in [0.29, 0.717) is 28.7 Å². The maximum atomic E-state index is 12.2. The molecule has 0 bridgehead atoms. The summed E-state index contributed by atoms with van der Waals surface area (Å²) in [6.07, 6.45) is 9.11. The minimum Gasteiger partial charge on any atom is -0.356 e. The monoisotopic (exact) mass is 455 g/mol. The van der Waals surface area contributed by atoms with Crippen LogP contribution in [0.1, 0.15) is 31.2 Å². The van der Waals surface area contributed by atoms with Crippen molar-refractivity contribution in [3.8, 4) is 17.3 Å². The summed E-state index contributed by atoms with van der Waals surface area (Å²) in [7, 11) is 0. The van der Waals surface area contributed by atoms with Crippen LogP contribution in [0.15, 0.2) is 42.9 Å². The van der Waals surface area contributed by atoms with Crippen molar-refractivity contribution in [2.24, 2.45) is 0 Å². The number of hydrogen-bond donors (Lipinski definition) is 3. The molecule has 0 aliphatic carbocycles. The van der Waals surface area contributed by atoms with Gasteiger partial charge in [-0.3, -0.25) is 4.79 Å². The average molecular weight is 456 g/mol. The Balaban J connectivity index is 1.28. The maximum absolute atomic E-state index is 12.2. The van der Waals surface area contributed by atoms with E-state index < -0.39 is 0 Å². The molecular formula is C24H25N9O. The quantitative estimate of drug-likeness (QED) is 0.513. The summed E-state index contributed by atoms with van der Waals surface area (Å²) in [5.74, 6) is 1.56. The summed E-state index contributed by atoms with van der Waals surface area (Å²) in [6, 6.07) is 9.26. The highest BCUT2D eigenvalue weighted by atomic mass is 16.2. The molecule has 2 aliphatic rings. The molecule has 0 unspecified atom stereocenters. The largest absolute Gasteiger partial charge is 0.356 e. The van der Waals surface area contributed by atoms with Crippen molar-refractivity contribution >= 4 is 29.2 Å². The highest BCUT2D eigenvalue weighted by Gasteiger charge is 2.22. The Labute approximate surface area is 197 Å². The second-order valence-electron chi connectivity index (χ2n) is 8.36. The number of carbonyl (C=O) groups excluding carboxylic acids is 1. The van der Waals surface area contributed by atoms with Crippen LogP contribution in [0, 0.1) is 11.3 Å². The van der Waals surface area contributed by atoms with Crippen LogP contribution in [0.3, 0.4) is 0 Å². The molecule has 1 atom stereocenters. The number of hydrogen-bond acceptors (Lipinski definition) is 9. The lowest BCUT2D eigenvalue weighted by atomic mass is 10.1. The second kappa shape index (κ2) is 9.80. The van der Waals surface area contributed by atoms with Crippen molar-refractivity contribution < 1.29 is 4.79 Å². The van der Waals surface area contributed by atoms with Crippen molar-refractivity contribution in [3.05, 3.63) is 48.4 Å². The van der Waals surface area contributed by atoms with Gasteiger partial charge in [-0.05, 0) is 56.5 Å². The van der Waals surface area contributed by atoms with Crippen LogP contribution in [0.25, 0.3) is 11.3 Å². The minimum atomic E-state index is -0.156. The molecule has 172 valence electrons. The van der Waals surface area contributed by atoms with E-state index in [1.807, 2.05) is 6.07 Å². The fourth-order valence-electron chi connectivity index (χ4n) is 4.23. The number of nitriles is 1. The van der Waals surface area contributed by atoms with Crippen LogP contribution in [-0.4, -0.2) is 51.5 Å². The lowest BCUT2D eigenvalue weighted by Crippen LogP contribution is -2.35. The molecule has 10 nitrogen and oxygen atoms in total. The number of anilines is 4. The normalized spacial score (nSPS) is 17.4. The molecule has 3 aromatic heterocycles. The van der Waals surface area contributed by atoms with Crippen LogP contribution >= 0.6 is 0 Å². The van der Waals surface area contributed by atoms with Gasteiger partial charge in [0.2, 0.25) is 11.9 Å². The second-order valence-corrected chi connectivity index (χ2v) is 8.36. The molecule has 0 radical (unpaired) electrons. The molecule has 10 heteroatoms. The van der Waals surface area contributed by atoms with Gasteiger partial charge in [0.05, 0.1) is 29.2 Å². The zero-order valence-electron chi connectivity index (χ0n) is 18.7. The Morgan fingerprint density at radius 2 is 2.00 bits per heavy atom. The Morgan fingerprint density at radius 3 is 2.74 bits per heavy atom. The van der Waals surface area contributed by atoms with Gasteiger partial charge in [-0.2, -0.15) is 5.26 Å². The number of nitrogens with one attached hydrogen (secondary N) is 3. The highest BCUT2D eigenvalue weighted by molar-refractivity contribution is 5.94. The molecule has 3 aromatic rings. The highest BCUT2D eigenvalue weighted by Crippen LogP contribution is 2.26. The average Bonchev–Trinajstić information content (AvgIpc) is 3.60. The molecule has 2 fully saturated rings. The summed E-state index contributed by atoms with van der Waals surface area (Å²) < 4.78 is 0. The Morgan fingerprint density at radius 1 is 1.12 bits per heavy atom. The van der Waals surface area contributed by atoms with Crippen LogP contribution in [0.4, 0.5) is 23.3 Å². The summed E-state index contributed by atoms with van der Waals surface area (Å²) in [4.78, 5) is 32.1. The third kappa shape index (κ3) is 4.79. The van der Waals surface area contributed by atoms with E-state index in [1.165, 1.54) is 0 Å². The summed E-state index contributed by atoms with van der Waals surface area (Å²) >= 11 is 0. The molecular weight excluding hydrogens is 430 g/mol. The van der Waals surface area contributed by atoms with Crippen LogP contribution in [-0.2, 0) is 4.79 Å². The molecule has 0 spiro atoms. The molecule has 2 aliphatic heterocycles. The number of amides is 1. The van der Waals surface area contributed by atoms with Gasteiger partial charge in [-0.1, -0.05) is 0 Å². The first-order valence-corrected chi connectivity index (χ1v) is 11.5. The van der Waals surface area contributed by atoms with Gasteiger partial charge in [0.1, 0.15) is 17.7 Å². The van der Waals surface area contributed by atoms with Gasteiger partial charge in [-0.15, -0.1) is 0 Å². The van der Waals surface area contributed by atoms with Crippen molar-refractivity contribution in [3.63, 3.8) is 0 Å². The van der Waals surface area contributed by atoms with E-state index >= 15 is 0 Å². The summed E-state index contributed by atoms with van der Waals surface area (Å²) in [5.41, 5.74) is 2.65. The maximum Gasteiger partial charge on any atom is 0.242 e. The molecule has 0 aromatic carbocycles. The number of carbonyl (C=O) groups is 1. The van der Waals surface area contributed by atoms with Crippen LogP contribution in [0.5, 0.6) is 0 Å². The lowest BCUT2D eigenvalue weighted by molar-refractivity contribution is -0.117. The molecule has 5 heterocycles. The van der Waals surface area contributed by atoms with Gasteiger partial charge in [0.15, 0.2) is 0 Å². The number of nitrogens with zero attached hydrogens (tertiary/aromatic N) is 6. The zero-order valence-corrected chi connectivity index (χ0v) is 18.7. The van der Waals surface area contributed by atoms with E-state index in [0.717, 1.165) is 56.7 Å². The van der Waals surface area contributed by atoms with E-state index in [9.17, 15) is 10.1 Å². The molecule has 34 heavy (non-hydrogen) atoms. The zero-order chi connectivity index (χ0) is 23.3. The molecule has 3 N–H and O–H groups in total. The predicted molar refractivity (Wildman–Crippen MR) is 129 cm³/mol. The molecule has 1 amide bonds. The van der Waals surface area contributed by atoms with Crippen molar-refractivity contribution in [2.75, 3.05) is 35.2 Å². The Hall–Kier alpha value is -4.10. The first-order valence-electron chi connectivity index (χ1n) is 11.5. The number of rotatable bonds is 6. The van der Waals surface area contributed by atoms with Crippen molar-refractivity contribution in [1.82, 2.24) is 25.3 Å². The van der Waals surface area contributed by atoms with Gasteiger partial charge < -0.3 is 20.9 Å². The predicted octanol–water partition coefficient (Wildman–Crippen LogP) is 2.84. The first-order chi connectivity index (χ1) is 16.7. The fraction of sp³-hybridized carbons (Fsp3) is 0.333. The van der Waals surface area contributed by atoms with E-state index in [1.54, 1.807) is 36.8 Å². The van der Waals surface area contributed by atoms with Crippen molar-refractivity contribution in [1.29, 1.82) is 5.26 Å². The summed E-state index contributed by atoms with van der Waals surface area (Å²) in [5, 5.41) is 18.8. The number of aromatic nitrogens is 4. The molecule has 5 rings (SSSR count). The van der Waals surface area contributed by atoms with E-state index in [2.05, 4.69) is 46.9 Å². The topological polar surface area (TPSA) is 132 Å². The summed E-state index contributed by atoms with van der Waals surface area (Å²) in [6.45, 7) is 2.72. The fourth-order valence-corrected chi connectivity index (χ4v) is 4.23. The van der Waals surface area contributed by atoms with Crippen molar-refractivity contribution in [2.45, 2.75) is 31.7 Å². The lowest BCUT2D eigenvalue weighted by Gasteiger charge is -2.18. The minimum absolute atomic E-state index is 0.0668. The standard InChI is InChI=1S/C24H25N9O/c25-13-16-12-17(14-29-22(16)33-10-1-2-11-33)19-7-9-27-24(31-19)30-18-5-6-21(28-15-18)32-23(34)20-4-3-8-26-20/h5-7,9,12,14-15,20,26H,1-4,8,10-11H2,(H,27,30,31)(H,28,32,34)/t20-/m0/s1. The first kappa shape index (κ1) is 21.7. The van der Waals surface area contributed by atoms with Gasteiger partial charge >= 0.3 is 0 Å².